The standard InChI is InChI=1S/C12H17N5/c1-8(2)10-5-6-17(16-10)11-7-9(3)14-12(13-4)15-11/h5-8H,1-4H3,(H,13,14,15). The van der Waals surface area contributed by atoms with Crippen LogP contribution in [0.2, 0.25) is 0 Å². The molecular weight excluding hydrogens is 214 g/mol. The van der Waals surface area contributed by atoms with Crippen LogP contribution in [0.1, 0.15) is 31.2 Å². The molecule has 90 valence electrons. The van der Waals surface area contributed by atoms with Crippen molar-refractivity contribution in [3.63, 3.8) is 0 Å². The molecule has 0 unspecified atom stereocenters. The van der Waals surface area contributed by atoms with Gasteiger partial charge < -0.3 is 5.32 Å². The number of anilines is 1. The second-order valence-electron chi connectivity index (χ2n) is 4.28. The molecule has 2 aromatic rings. The third kappa shape index (κ3) is 2.43. The number of hydrogen-bond acceptors (Lipinski definition) is 4. The lowest BCUT2D eigenvalue weighted by atomic mass is 10.1. The van der Waals surface area contributed by atoms with Crippen LogP contribution in [0, 0.1) is 6.92 Å². The summed E-state index contributed by atoms with van der Waals surface area (Å²) in [6, 6.07) is 3.93. The number of nitrogens with zero attached hydrogens (tertiary/aromatic N) is 4. The molecule has 0 aliphatic rings. The van der Waals surface area contributed by atoms with Crippen LogP contribution >= 0.6 is 0 Å². The molecule has 0 spiro atoms. The van der Waals surface area contributed by atoms with Gasteiger partial charge in [0.15, 0.2) is 5.82 Å². The van der Waals surface area contributed by atoms with Crippen molar-refractivity contribution in [2.75, 3.05) is 12.4 Å². The van der Waals surface area contributed by atoms with Crippen molar-refractivity contribution in [3.05, 3.63) is 29.7 Å². The van der Waals surface area contributed by atoms with Gasteiger partial charge in [-0.1, -0.05) is 13.8 Å². The Morgan fingerprint density at radius 1 is 1.29 bits per heavy atom. The number of hydrogen-bond donors (Lipinski definition) is 1. The molecule has 2 heterocycles. The Morgan fingerprint density at radius 3 is 2.65 bits per heavy atom. The third-order valence-electron chi connectivity index (χ3n) is 2.50. The first-order chi connectivity index (χ1) is 8.10. The quantitative estimate of drug-likeness (QED) is 0.879. The van der Waals surface area contributed by atoms with Crippen molar-refractivity contribution < 1.29 is 0 Å². The SMILES string of the molecule is CNc1nc(C)cc(-n2ccc(C(C)C)n2)n1. The summed E-state index contributed by atoms with van der Waals surface area (Å²) in [5.41, 5.74) is 1.98. The molecule has 0 aromatic carbocycles. The van der Waals surface area contributed by atoms with E-state index in [1.807, 2.05) is 25.3 Å². The Balaban J connectivity index is 2.41. The summed E-state index contributed by atoms with van der Waals surface area (Å²) in [5, 5.41) is 7.44. The van der Waals surface area contributed by atoms with Gasteiger partial charge in [0.25, 0.3) is 0 Å². The molecule has 0 bridgehead atoms. The van der Waals surface area contributed by atoms with Gasteiger partial charge in [-0.25, -0.2) is 9.67 Å². The van der Waals surface area contributed by atoms with Gasteiger partial charge in [0, 0.05) is 25.0 Å². The monoisotopic (exact) mass is 231 g/mol. The second-order valence-corrected chi connectivity index (χ2v) is 4.28. The van der Waals surface area contributed by atoms with Crippen molar-refractivity contribution in [3.8, 4) is 5.82 Å². The Hall–Kier alpha value is -1.91. The third-order valence-corrected chi connectivity index (χ3v) is 2.50. The Labute approximate surface area is 101 Å². The van der Waals surface area contributed by atoms with E-state index in [1.54, 1.807) is 11.7 Å². The molecule has 0 atom stereocenters. The predicted octanol–water partition coefficient (Wildman–Crippen LogP) is 2.14. The first-order valence-electron chi connectivity index (χ1n) is 5.69. The topological polar surface area (TPSA) is 55.6 Å². The maximum atomic E-state index is 4.50. The van der Waals surface area contributed by atoms with Crippen LogP contribution < -0.4 is 5.32 Å². The molecule has 0 radical (unpaired) electrons. The maximum absolute atomic E-state index is 4.50. The van der Waals surface area contributed by atoms with E-state index in [0.29, 0.717) is 11.9 Å². The number of aryl methyl sites for hydroxylation is 1. The lowest BCUT2D eigenvalue weighted by molar-refractivity contribution is 0.755. The van der Waals surface area contributed by atoms with Crippen LogP contribution in [0.5, 0.6) is 0 Å². The maximum Gasteiger partial charge on any atom is 0.224 e. The molecule has 0 fully saturated rings. The average Bonchev–Trinajstić information content (AvgIpc) is 2.77. The van der Waals surface area contributed by atoms with E-state index in [0.717, 1.165) is 17.2 Å². The normalized spacial score (nSPS) is 10.9. The van der Waals surface area contributed by atoms with Gasteiger partial charge in [-0.05, 0) is 18.9 Å². The Bertz CT molecular complexity index is 515. The highest BCUT2D eigenvalue weighted by molar-refractivity contribution is 5.34. The van der Waals surface area contributed by atoms with Gasteiger partial charge in [0.2, 0.25) is 5.95 Å². The molecule has 2 rings (SSSR count). The zero-order valence-corrected chi connectivity index (χ0v) is 10.6. The summed E-state index contributed by atoms with van der Waals surface area (Å²) in [6.07, 6.45) is 1.93. The van der Waals surface area contributed by atoms with E-state index in [-0.39, 0.29) is 0 Å². The molecule has 0 saturated heterocycles. The van der Waals surface area contributed by atoms with E-state index in [4.69, 9.17) is 0 Å². The van der Waals surface area contributed by atoms with Crippen LogP contribution in [-0.2, 0) is 0 Å². The number of nitrogens with one attached hydrogen (secondary N) is 1. The first-order valence-corrected chi connectivity index (χ1v) is 5.69. The fraction of sp³-hybridized carbons (Fsp3) is 0.417. The zero-order chi connectivity index (χ0) is 12.4. The van der Waals surface area contributed by atoms with Gasteiger partial charge in [-0.15, -0.1) is 0 Å². The van der Waals surface area contributed by atoms with E-state index < -0.39 is 0 Å². The van der Waals surface area contributed by atoms with Gasteiger partial charge in [-0.2, -0.15) is 10.1 Å². The summed E-state index contributed by atoms with van der Waals surface area (Å²) >= 11 is 0. The van der Waals surface area contributed by atoms with E-state index in [1.165, 1.54) is 0 Å². The molecule has 0 aliphatic carbocycles. The summed E-state index contributed by atoms with van der Waals surface area (Å²) in [4.78, 5) is 8.63. The number of rotatable bonds is 3. The minimum atomic E-state index is 0.419. The van der Waals surface area contributed by atoms with Gasteiger partial charge in [0.05, 0.1) is 5.69 Å². The van der Waals surface area contributed by atoms with Gasteiger partial charge in [0.1, 0.15) is 0 Å². The first kappa shape index (κ1) is 11.6. The fourth-order valence-corrected chi connectivity index (χ4v) is 1.55. The van der Waals surface area contributed by atoms with Crippen LogP contribution in [0.25, 0.3) is 5.82 Å². The highest BCUT2D eigenvalue weighted by Crippen LogP contribution is 2.14. The van der Waals surface area contributed by atoms with Crippen LogP contribution in [0.15, 0.2) is 18.3 Å². The summed E-state index contributed by atoms with van der Waals surface area (Å²) < 4.78 is 1.78. The second kappa shape index (κ2) is 4.53. The highest BCUT2D eigenvalue weighted by atomic mass is 15.3. The van der Waals surface area contributed by atoms with Crippen molar-refractivity contribution in [1.82, 2.24) is 19.7 Å². The molecular formula is C12H17N5. The van der Waals surface area contributed by atoms with Crippen LogP contribution in [0.4, 0.5) is 5.95 Å². The van der Waals surface area contributed by atoms with Crippen molar-refractivity contribution in [2.24, 2.45) is 0 Å². The molecule has 5 heteroatoms. The summed E-state index contributed by atoms with van der Waals surface area (Å²) in [7, 11) is 1.81. The predicted molar refractivity (Wildman–Crippen MR) is 67.5 cm³/mol. The van der Waals surface area contributed by atoms with E-state index in [9.17, 15) is 0 Å². The Kier molecular flexibility index (Phi) is 3.08. The Morgan fingerprint density at radius 2 is 2.06 bits per heavy atom. The largest absolute Gasteiger partial charge is 0.357 e. The summed E-state index contributed by atoms with van der Waals surface area (Å²) in [5.74, 6) is 1.82. The van der Waals surface area contributed by atoms with E-state index >= 15 is 0 Å². The molecule has 1 N–H and O–H groups in total. The zero-order valence-electron chi connectivity index (χ0n) is 10.6. The van der Waals surface area contributed by atoms with Crippen molar-refractivity contribution in [2.45, 2.75) is 26.7 Å². The number of aromatic nitrogens is 4. The average molecular weight is 231 g/mol. The lowest BCUT2D eigenvalue weighted by Crippen LogP contribution is -2.05. The van der Waals surface area contributed by atoms with Crippen molar-refractivity contribution in [1.29, 1.82) is 0 Å². The molecule has 0 aliphatic heterocycles. The smallest absolute Gasteiger partial charge is 0.224 e. The van der Waals surface area contributed by atoms with Crippen LogP contribution in [0.3, 0.4) is 0 Å². The summed E-state index contributed by atoms with van der Waals surface area (Å²) in [6.45, 7) is 6.19. The van der Waals surface area contributed by atoms with E-state index in [2.05, 4.69) is 34.2 Å². The van der Waals surface area contributed by atoms with Crippen LogP contribution in [-0.4, -0.2) is 26.8 Å². The molecule has 5 nitrogen and oxygen atoms in total. The fourth-order valence-electron chi connectivity index (χ4n) is 1.55. The molecule has 2 aromatic heterocycles. The van der Waals surface area contributed by atoms with Crippen molar-refractivity contribution >= 4 is 5.95 Å². The minimum Gasteiger partial charge on any atom is -0.357 e. The lowest BCUT2D eigenvalue weighted by Gasteiger charge is -2.05. The molecule has 17 heavy (non-hydrogen) atoms. The minimum absolute atomic E-state index is 0.419. The molecule has 0 saturated carbocycles. The highest BCUT2D eigenvalue weighted by Gasteiger charge is 2.07. The van der Waals surface area contributed by atoms with Gasteiger partial charge in [-0.3, -0.25) is 0 Å². The van der Waals surface area contributed by atoms with Gasteiger partial charge >= 0.3 is 0 Å². The molecule has 0 amide bonds.